The molecule has 1 aromatic rings. The molecule has 0 spiro atoms. The highest BCUT2D eigenvalue weighted by Crippen LogP contribution is 2.18. The third-order valence-electron chi connectivity index (χ3n) is 2.84. The van der Waals surface area contributed by atoms with Crippen LogP contribution in [0.1, 0.15) is 31.4 Å². The van der Waals surface area contributed by atoms with Crippen molar-refractivity contribution in [1.29, 1.82) is 0 Å². The molecule has 1 N–H and O–H groups in total. The highest BCUT2D eigenvalue weighted by molar-refractivity contribution is 7.98. The van der Waals surface area contributed by atoms with E-state index in [1.807, 2.05) is 0 Å². The first-order chi connectivity index (χ1) is 8.27. The Bertz CT molecular complexity index is 300. The summed E-state index contributed by atoms with van der Waals surface area (Å²) < 4.78 is 5.03. The van der Waals surface area contributed by atoms with Crippen LogP contribution in [-0.2, 0) is 4.74 Å². The molecular weight excluding hydrogens is 230 g/mol. The molecule has 1 rings (SSSR count). The lowest BCUT2D eigenvalue weighted by atomic mass is 10.1. The second kappa shape index (κ2) is 8.56. The Morgan fingerprint density at radius 1 is 1.24 bits per heavy atom. The minimum absolute atomic E-state index is 0.424. The molecule has 1 aromatic carbocycles. The van der Waals surface area contributed by atoms with E-state index in [0.717, 1.165) is 19.6 Å². The average molecular weight is 253 g/mol. The van der Waals surface area contributed by atoms with Gasteiger partial charge in [0.05, 0.1) is 0 Å². The summed E-state index contributed by atoms with van der Waals surface area (Å²) >= 11 is 1.78. The molecule has 0 saturated carbocycles. The van der Waals surface area contributed by atoms with Gasteiger partial charge in [0.25, 0.3) is 0 Å². The summed E-state index contributed by atoms with van der Waals surface area (Å²) in [6.07, 6.45) is 4.40. The highest BCUT2D eigenvalue weighted by Gasteiger charge is 2.03. The monoisotopic (exact) mass is 253 g/mol. The smallest absolute Gasteiger partial charge is 0.0462 e. The first-order valence-corrected chi connectivity index (χ1v) is 7.36. The summed E-state index contributed by atoms with van der Waals surface area (Å²) in [6, 6.07) is 9.21. The van der Waals surface area contributed by atoms with Gasteiger partial charge in [0.1, 0.15) is 0 Å². The lowest BCUT2D eigenvalue weighted by Gasteiger charge is -2.14. The van der Waals surface area contributed by atoms with Gasteiger partial charge in [-0.1, -0.05) is 12.1 Å². The summed E-state index contributed by atoms with van der Waals surface area (Å²) in [5.74, 6) is 0. The summed E-state index contributed by atoms with van der Waals surface area (Å²) in [5, 5.41) is 3.53. The zero-order chi connectivity index (χ0) is 12.5. The molecule has 2 nitrogen and oxygen atoms in total. The van der Waals surface area contributed by atoms with Crippen LogP contribution in [0, 0.1) is 0 Å². The molecule has 0 fully saturated rings. The minimum atomic E-state index is 0.424. The number of hydrogen-bond acceptors (Lipinski definition) is 3. The number of benzene rings is 1. The maximum Gasteiger partial charge on any atom is 0.0462 e. The Balaban J connectivity index is 2.28. The van der Waals surface area contributed by atoms with Crippen LogP contribution in [0.4, 0.5) is 0 Å². The Morgan fingerprint density at radius 2 is 1.94 bits per heavy atom. The number of unbranched alkanes of at least 4 members (excludes halogenated alkanes) is 1. The average Bonchev–Trinajstić information content (AvgIpc) is 2.38. The fourth-order valence-corrected chi connectivity index (χ4v) is 2.11. The van der Waals surface area contributed by atoms with Gasteiger partial charge in [0.15, 0.2) is 0 Å². The van der Waals surface area contributed by atoms with Gasteiger partial charge in [0, 0.05) is 24.7 Å². The van der Waals surface area contributed by atoms with Crippen molar-refractivity contribution in [3.8, 4) is 0 Å². The summed E-state index contributed by atoms with van der Waals surface area (Å²) in [6.45, 7) is 4.12. The van der Waals surface area contributed by atoms with Crippen LogP contribution in [0.3, 0.4) is 0 Å². The lowest BCUT2D eigenvalue weighted by Crippen LogP contribution is -2.20. The Hall–Kier alpha value is -0.510. The van der Waals surface area contributed by atoms with E-state index < -0.39 is 0 Å². The molecule has 0 heterocycles. The molecule has 1 atom stereocenters. The standard InChI is InChI=1S/C14H23NOS/c1-12(15-10-4-5-11-16-2)13-6-8-14(17-3)9-7-13/h6-9,12,15H,4-5,10-11H2,1-3H3. The van der Waals surface area contributed by atoms with E-state index in [-0.39, 0.29) is 0 Å². The largest absolute Gasteiger partial charge is 0.385 e. The normalized spacial score (nSPS) is 12.6. The quantitative estimate of drug-likeness (QED) is 0.566. The number of ether oxygens (including phenoxy) is 1. The van der Waals surface area contributed by atoms with Crippen molar-refractivity contribution in [2.45, 2.75) is 30.7 Å². The van der Waals surface area contributed by atoms with Crippen LogP contribution in [0.2, 0.25) is 0 Å². The van der Waals surface area contributed by atoms with Crippen molar-refractivity contribution in [1.82, 2.24) is 5.32 Å². The number of methoxy groups -OCH3 is 1. The topological polar surface area (TPSA) is 21.3 Å². The number of rotatable bonds is 8. The van der Waals surface area contributed by atoms with E-state index in [4.69, 9.17) is 4.74 Å². The highest BCUT2D eigenvalue weighted by atomic mass is 32.2. The van der Waals surface area contributed by atoms with E-state index in [1.165, 1.54) is 16.9 Å². The SMILES string of the molecule is COCCCCNC(C)c1ccc(SC)cc1. The first-order valence-electron chi connectivity index (χ1n) is 6.14. The van der Waals surface area contributed by atoms with Crippen LogP contribution in [0.25, 0.3) is 0 Å². The van der Waals surface area contributed by atoms with Gasteiger partial charge >= 0.3 is 0 Å². The van der Waals surface area contributed by atoms with E-state index in [0.29, 0.717) is 6.04 Å². The van der Waals surface area contributed by atoms with Crippen molar-refractivity contribution < 1.29 is 4.74 Å². The van der Waals surface area contributed by atoms with Crippen molar-refractivity contribution in [2.24, 2.45) is 0 Å². The Morgan fingerprint density at radius 3 is 2.53 bits per heavy atom. The molecule has 0 aliphatic rings. The molecule has 0 radical (unpaired) electrons. The summed E-state index contributed by atoms with van der Waals surface area (Å²) in [5.41, 5.74) is 1.36. The van der Waals surface area contributed by atoms with Gasteiger partial charge < -0.3 is 10.1 Å². The molecule has 0 aliphatic heterocycles. The van der Waals surface area contributed by atoms with Crippen molar-refractivity contribution in [3.63, 3.8) is 0 Å². The molecule has 0 bridgehead atoms. The van der Waals surface area contributed by atoms with E-state index in [1.54, 1.807) is 18.9 Å². The van der Waals surface area contributed by atoms with Gasteiger partial charge in [-0.3, -0.25) is 0 Å². The second-order valence-corrected chi connectivity index (χ2v) is 5.03. The summed E-state index contributed by atoms with van der Waals surface area (Å²) in [4.78, 5) is 1.32. The van der Waals surface area contributed by atoms with E-state index >= 15 is 0 Å². The Kier molecular flexibility index (Phi) is 7.33. The number of nitrogens with one attached hydrogen (secondary N) is 1. The maximum absolute atomic E-state index is 5.03. The van der Waals surface area contributed by atoms with Crippen LogP contribution < -0.4 is 5.32 Å². The van der Waals surface area contributed by atoms with Crippen LogP contribution >= 0.6 is 11.8 Å². The number of hydrogen-bond donors (Lipinski definition) is 1. The molecular formula is C14H23NOS. The molecule has 0 aliphatic carbocycles. The fourth-order valence-electron chi connectivity index (χ4n) is 1.70. The van der Waals surface area contributed by atoms with Crippen molar-refractivity contribution >= 4 is 11.8 Å². The molecule has 17 heavy (non-hydrogen) atoms. The van der Waals surface area contributed by atoms with E-state index in [2.05, 4.69) is 42.8 Å². The molecule has 96 valence electrons. The van der Waals surface area contributed by atoms with E-state index in [9.17, 15) is 0 Å². The van der Waals surface area contributed by atoms with Gasteiger partial charge in [-0.05, 0) is 50.3 Å². The minimum Gasteiger partial charge on any atom is -0.385 e. The molecule has 0 aromatic heterocycles. The van der Waals surface area contributed by atoms with Crippen LogP contribution in [0.15, 0.2) is 29.2 Å². The van der Waals surface area contributed by atoms with Gasteiger partial charge in [0.2, 0.25) is 0 Å². The van der Waals surface area contributed by atoms with Gasteiger partial charge in [-0.2, -0.15) is 0 Å². The predicted octanol–water partition coefficient (Wildman–Crippen LogP) is 3.49. The van der Waals surface area contributed by atoms with Gasteiger partial charge in [-0.15, -0.1) is 11.8 Å². The predicted molar refractivity (Wildman–Crippen MR) is 75.8 cm³/mol. The zero-order valence-electron chi connectivity index (χ0n) is 11.0. The van der Waals surface area contributed by atoms with Crippen molar-refractivity contribution in [2.75, 3.05) is 26.5 Å². The maximum atomic E-state index is 5.03. The second-order valence-electron chi connectivity index (χ2n) is 4.15. The molecule has 1 unspecified atom stereocenters. The van der Waals surface area contributed by atoms with Gasteiger partial charge in [-0.25, -0.2) is 0 Å². The first kappa shape index (κ1) is 14.6. The fraction of sp³-hybridized carbons (Fsp3) is 0.571. The Labute approximate surface area is 109 Å². The lowest BCUT2D eigenvalue weighted by molar-refractivity contribution is 0.192. The van der Waals surface area contributed by atoms with Crippen LogP contribution in [0.5, 0.6) is 0 Å². The van der Waals surface area contributed by atoms with Crippen molar-refractivity contribution in [3.05, 3.63) is 29.8 Å². The third-order valence-corrected chi connectivity index (χ3v) is 3.59. The number of thioether (sulfide) groups is 1. The molecule has 0 amide bonds. The molecule has 0 saturated heterocycles. The zero-order valence-corrected chi connectivity index (χ0v) is 11.8. The molecule has 3 heteroatoms. The van der Waals surface area contributed by atoms with Crippen LogP contribution in [-0.4, -0.2) is 26.5 Å². The third kappa shape index (κ3) is 5.57. The summed E-state index contributed by atoms with van der Waals surface area (Å²) in [7, 11) is 1.75.